The molecule has 2 amide bonds. The Balaban J connectivity index is 2.05. The summed E-state index contributed by atoms with van der Waals surface area (Å²) in [6.07, 6.45) is 1.28. The average molecular weight is 558 g/mol. The van der Waals surface area contributed by atoms with Crippen LogP contribution in [0.3, 0.4) is 0 Å². The Kier molecular flexibility index (Phi) is 10.2. The van der Waals surface area contributed by atoms with Crippen molar-refractivity contribution in [2.24, 2.45) is 0 Å². The molecule has 0 spiro atoms. The second kappa shape index (κ2) is 13.3. The summed E-state index contributed by atoms with van der Waals surface area (Å²) < 4.78 is 31.8. The predicted octanol–water partition coefficient (Wildman–Crippen LogP) is 3.89. The summed E-state index contributed by atoms with van der Waals surface area (Å²) in [5, 5.41) is 3.16. The molecule has 10 heteroatoms. The molecule has 202 valence electrons. The van der Waals surface area contributed by atoms with E-state index in [-0.39, 0.29) is 24.6 Å². The van der Waals surface area contributed by atoms with Crippen LogP contribution in [0.5, 0.6) is 5.75 Å². The topological polar surface area (TPSA) is 96.0 Å². The zero-order valence-corrected chi connectivity index (χ0v) is 23.2. The number of nitrogens with one attached hydrogen (secondary N) is 1. The Morgan fingerprint density at radius 3 is 2.29 bits per heavy atom. The summed E-state index contributed by atoms with van der Waals surface area (Å²) in [4.78, 5) is 28.7. The first kappa shape index (κ1) is 29.0. The predicted molar refractivity (Wildman–Crippen MR) is 150 cm³/mol. The molecule has 38 heavy (non-hydrogen) atoms. The van der Waals surface area contributed by atoms with Crippen LogP contribution in [0.4, 0.5) is 5.69 Å². The zero-order chi connectivity index (χ0) is 27.7. The average Bonchev–Trinajstić information content (AvgIpc) is 2.89. The van der Waals surface area contributed by atoms with Crippen LogP contribution < -0.4 is 14.4 Å². The number of methoxy groups -OCH3 is 1. The molecular formula is C28H32ClN3O5S. The van der Waals surface area contributed by atoms with E-state index < -0.39 is 28.5 Å². The van der Waals surface area contributed by atoms with Gasteiger partial charge in [-0.25, -0.2) is 8.42 Å². The van der Waals surface area contributed by atoms with Gasteiger partial charge >= 0.3 is 0 Å². The van der Waals surface area contributed by atoms with Gasteiger partial charge in [-0.15, -0.1) is 0 Å². The summed E-state index contributed by atoms with van der Waals surface area (Å²) in [5.74, 6) is -0.268. The molecule has 0 unspecified atom stereocenters. The lowest BCUT2D eigenvalue weighted by atomic mass is 10.0. The highest BCUT2D eigenvalue weighted by Gasteiger charge is 2.33. The number of carbonyl (C=O) groups is 2. The molecule has 3 aromatic rings. The van der Waals surface area contributed by atoms with Crippen molar-refractivity contribution in [3.63, 3.8) is 0 Å². The van der Waals surface area contributed by atoms with Gasteiger partial charge in [0.2, 0.25) is 21.8 Å². The largest absolute Gasteiger partial charge is 0.497 e. The molecule has 0 aromatic heterocycles. The first-order chi connectivity index (χ1) is 18.1. The lowest BCUT2D eigenvalue weighted by Crippen LogP contribution is -2.53. The standard InChI is InChI=1S/C28H32ClN3O5S/c1-4-30-28(34)26(17-21-10-6-5-7-11-21)31(19-22-12-8-15-25(16-22)37-2)27(33)20-32(38(3,35)36)24-14-9-13-23(29)18-24/h5-16,18,26H,4,17,19-20H2,1-3H3,(H,30,34)/t26-/m1/s1. The van der Waals surface area contributed by atoms with Gasteiger partial charge < -0.3 is 15.0 Å². The van der Waals surface area contributed by atoms with E-state index in [1.54, 1.807) is 50.4 Å². The van der Waals surface area contributed by atoms with Crippen molar-refractivity contribution in [2.45, 2.75) is 25.9 Å². The summed E-state index contributed by atoms with van der Waals surface area (Å²) >= 11 is 6.11. The molecule has 0 heterocycles. The molecule has 0 aliphatic rings. The highest BCUT2D eigenvalue weighted by atomic mass is 35.5. The van der Waals surface area contributed by atoms with E-state index in [1.807, 2.05) is 36.4 Å². The first-order valence-electron chi connectivity index (χ1n) is 12.1. The van der Waals surface area contributed by atoms with Crippen molar-refractivity contribution in [2.75, 3.05) is 30.8 Å². The number of ether oxygens (including phenoxy) is 1. The van der Waals surface area contributed by atoms with E-state index in [0.717, 1.165) is 21.7 Å². The van der Waals surface area contributed by atoms with Crippen molar-refractivity contribution in [3.05, 3.63) is 95.0 Å². The number of sulfonamides is 1. The molecule has 0 aliphatic heterocycles. The number of anilines is 1. The van der Waals surface area contributed by atoms with E-state index in [0.29, 0.717) is 17.3 Å². The van der Waals surface area contributed by atoms with Crippen LogP contribution in [0.2, 0.25) is 5.02 Å². The van der Waals surface area contributed by atoms with Crippen LogP contribution in [-0.4, -0.2) is 57.6 Å². The lowest BCUT2D eigenvalue weighted by molar-refractivity contribution is -0.140. The summed E-state index contributed by atoms with van der Waals surface area (Å²) in [6, 6.07) is 21.9. The Hall–Kier alpha value is -3.56. The molecule has 8 nitrogen and oxygen atoms in total. The molecule has 0 saturated carbocycles. The maximum Gasteiger partial charge on any atom is 0.244 e. The summed E-state index contributed by atoms with van der Waals surface area (Å²) in [5.41, 5.74) is 1.85. The minimum Gasteiger partial charge on any atom is -0.497 e. The third-order valence-corrected chi connectivity index (χ3v) is 7.26. The van der Waals surface area contributed by atoms with Crippen LogP contribution in [-0.2, 0) is 32.6 Å². The maximum atomic E-state index is 13.9. The van der Waals surface area contributed by atoms with E-state index >= 15 is 0 Å². The molecule has 1 atom stereocenters. The number of rotatable bonds is 12. The van der Waals surface area contributed by atoms with Gasteiger partial charge in [-0.1, -0.05) is 60.1 Å². The summed E-state index contributed by atoms with van der Waals surface area (Å²) in [7, 11) is -2.31. The quantitative estimate of drug-likeness (QED) is 0.364. The third kappa shape index (κ3) is 7.97. The van der Waals surface area contributed by atoms with Crippen LogP contribution in [0.25, 0.3) is 0 Å². The number of amides is 2. The second-order valence-corrected chi connectivity index (χ2v) is 11.1. The van der Waals surface area contributed by atoms with Crippen molar-refractivity contribution in [1.82, 2.24) is 10.2 Å². The third-order valence-electron chi connectivity index (χ3n) is 5.88. The minimum atomic E-state index is -3.86. The number of likely N-dealkylation sites (N-methyl/N-ethyl adjacent to an activating group) is 1. The van der Waals surface area contributed by atoms with Gasteiger partial charge in [0.15, 0.2) is 0 Å². The monoisotopic (exact) mass is 557 g/mol. The van der Waals surface area contributed by atoms with Gasteiger partial charge in [0.05, 0.1) is 19.1 Å². The number of halogens is 1. The van der Waals surface area contributed by atoms with Crippen LogP contribution in [0, 0.1) is 0 Å². The molecular weight excluding hydrogens is 526 g/mol. The SMILES string of the molecule is CCNC(=O)[C@@H](Cc1ccccc1)N(Cc1cccc(OC)c1)C(=O)CN(c1cccc(Cl)c1)S(C)(=O)=O. The Labute approximate surface area is 229 Å². The number of benzene rings is 3. The molecule has 0 radical (unpaired) electrons. The fourth-order valence-electron chi connectivity index (χ4n) is 4.06. The van der Waals surface area contributed by atoms with E-state index in [1.165, 1.54) is 11.0 Å². The van der Waals surface area contributed by atoms with Crippen molar-refractivity contribution >= 4 is 39.1 Å². The van der Waals surface area contributed by atoms with Crippen LogP contribution in [0.1, 0.15) is 18.1 Å². The van der Waals surface area contributed by atoms with Crippen molar-refractivity contribution in [1.29, 1.82) is 0 Å². The molecule has 0 saturated heterocycles. The molecule has 0 fully saturated rings. The van der Waals surface area contributed by atoms with Crippen LogP contribution >= 0.6 is 11.6 Å². The number of carbonyl (C=O) groups excluding carboxylic acids is 2. The zero-order valence-electron chi connectivity index (χ0n) is 21.6. The molecule has 3 rings (SSSR count). The van der Waals surface area contributed by atoms with E-state index in [2.05, 4.69) is 5.32 Å². The molecule has 0 bridgehead atoms. The number of nitrogens with zero attached hydrogens (tertiary/aromatic N) is 2. The maximum absolute atomic E-state index is 13.9. The fraction of sp³-hybridized carbons (Fsp3) is 0.286. The van der Waals surface area contributed by atoms with Crippen LogP contribution in [0.15, 0.2) is 78.9 Å². The van der Waals surface area contributed by atoms with Gasteiger partial charge in [-0.2, -0.15) is 0 Å². The van der Waals surface area contributed by atoms with Gasteiger partial charge in [0.25, 0.3) is 0 Å². The van der Waals surface area contributed by atoms with E-state index in [4.69, 9.17) is 16.3 Å². The normalized spacial score (nSPS) is 11.9. The van der Waals surface area contributed by atoms with Crippen molar-refractivity contribution < 1.29 is 22.7 Å². The Bertz CT molecular complexity index is 1350. The van der Waals surface area contributed by atoms with Gasteiger partial charge in [0.1, 0.15) is 18.3 Å². The first-order valence-corrected chi connectivity index (χ1v) is 14.3. The Morgan fingerprint density at radius 2 is 1.66 bits per heavy atom. The number of hydrogen-bond acceptors (Lipinski definition) is 5. The van der Waals surface area contributed by atoms with Gasteiger partial charge in [-0.3, -0.25) is 13.9 Å². The molecule has 1 N–H and O–H groups in total. The summed E-state index contributed by atoms with van der Waals surface area (Å²) in [6.45, 7) is 1.74. The smallest absolute Gasteiger partial charge is 0.244 e. The van der Waals surface area contributed by atoms with Gasteiger partial charge in [-0.05, 0) is 48.4 Å². The van der Waals surface area contributed by atoms with Gasteiger partial charge in [0, 0.05) is 24.5 Å². The Morgan fingerprint density at radius 1 is 0.974 bits per heavy atom. The molecule has 3 aromatic carbocycles. The lowest BCUT2D eigenvalue weighted by Gasteiger charge is -2.33. The molecule has 0 aliphatic carbocycles. The minimum absolute atomic E-state index is 0.0673. The second-order valence-electron chi connectivity index (χ2n) is 8.72. The number of hydrogen-bond donors (Lipinski definition) is 1. The van der Waals surface area contributed by atoms with Crippen molar-refractivity contribution in [3.8, 4) is 5.75 Å². The highest BCUT2D eigenvalue weighted by Crippen LogP contribution is 2.24. The fourth-order valence-corrected chi connectivity index (χ4v) is 5.08. The highest BCUT2D eigenvalue weighted by molar-refractivity contribution is 7.92. The van der Waals surface area contributed by atoms with E-state index in [9.17, 15) is 18.0 Å².